The Labute approximate surface area is 150 Å². The van der Waals surface area contributed by atoms with Crippen molar-refractivity contribution < 1.29 is 22.3 Å². The van der Waals surface area contributed by atoms with Gasteiger partial charge in [0.2, 0.25) is 0 Å². The van der Waals surface area contributed by atoms with Crippen LogP contribution in [0.2, 0.25) is 5.02 Å². The first-order valence-electron chi connectivity index (χ1n) is 7.63. The molecule has 0 aliphatic rings. The van der Waals surface area contributed by atoms with Crippen LogP contribution >= 0.6 is 11.6 Å². The van der Waals surface area contributed by atoms with E-state index in [2.05, 4.69) is 0 Å². The van der Waals surface area contributed by atoms with Crippen LogP contribution in [0.4, 0.5) is 14.5 Å². The molecule has 8 heteroatoms. The largest absolute Gasteiger partial charge is 0.396 e. The third-order valence-electron chi connectivity index (χ3n) is 3.70. The molecule has 2 rings (SSSR count). The van der Waals surface area contributed by atoms with Crippen molar-refractivity contribution >= 4 is 27.3 Å². The Morgan fingerprint density at radius 2 is 1.80 bits per heavy atom. The van der Waals surface area contributed by atoms with Gasteiger partial charge in [-0.1, -0.05) is 11.6 Å². The molecule has 136 valence electrons. The van der Waals surface area contributed by atoms with E-state index in [0.29, 0.717) is 11.4 Å². The number of aliphatic hydroxyl groups is 1. The molecule has 0 spiro atoms. The van der Waals surface area contributed by atoms with E-state index in [-0.39, 0.29) is 23.6 Å². The van der Waals surface area contributed by atoms with Crippen molar-refractivity contribution in [2.75, 3.05) is 10.9 Å². The normalized spacial score (nSPS) is 12.8. The minimum atomic E-state index is -4.15. The first kappa shape index (κ1) is 19.6. The molecular weight excluding hydrogens is 372 g/mol. The quantitative estimate of drug-likeness (QED) is 0.779. The van der Waals surface area contributed by atoms with Crippen LogP contribution in [0.3, 0.4) is 0 Å². The maximum absolute atomic E-state index is 14.3. The summed E-state index contributed by atoms with van der Waals surface area (Å²) >= 11 is 5.79. The Kier molecular flexibility index (Phi) is 6.37. The Morgan fingerprint density at radius 1 is 1.16 bits per heavy atom. The van der Waals surface area contributed by atoms with Gasteiger partial charge in [0.15, 0.2) is 0 Å². The lowest BCUT2D eigenvalue weighted by Crippen LogP contribution is -2.39. The van der Waals surface area contributed by atoms with E-state index >= 15 is 0 Å². The molecule has 0 aliphatic carbocycles. The number of benzene rings is 2. The van der Waals surface area contributed by atoms with E-state index in [1.54, 1.807) is 6.92 Å². The van der Waals surface area contributed by atoms with Gasteiger partial charge in [0.25, 0.3) is 10.0 Å². The summed E-state index contributed by atoms with van der Waals surface area (Å²) in [4.78, 5) is -0.0867. The standard InChI is InChI=1S/C17H18ClF2NO3S/c1-12(3-2-10-22)21(17-11-14(19)6-9-16(17)20)25(23,24)15-7-4-13(18)5-8-15/h4-9,11-12,22H,2-3,10H2,1H3. The molecule has 0 saturated carbocycles. The van der Waals surface area contributed by atoms with E-state index in [1.165, 1.54) is 24.3 Å². The minimum absolute atomic E-state index is 0.0867. The lowest BCUT2D eigenvalue weighted by molar-refractivity contribution is 0.281. The zero-order valence-electron chi connectivity index (χ0n) is 13.5. The van der Waals surface area contributed by atoms with Crippen molar-refractivity contribution in [3.63, 3.8) is 0 Å². The van der Waals surface area contributed by atoms with Crippen molar-refractivity contribution in [2.45, 2.75) is 30.7 Å². The van der Waals surface area contributed by atoms with Crippen LogP contribution in [0, 0.1) is 11.6 Å². The number of sulfonamides is 1. The predicted molar refractivity (Wildman–Crippen MR) is 93.3 cm³/mol. The van der Waals surface area contributed by atoms with Gasteiger partial charge in [-0.05, 0) is 56.2 Å². The molecule has 0 amide bonds. The molecule has 2 aromatic rings. The molecule has 0 radical (unpaired) electrons. The lowest BCUT2D eigenvalue weighted by Gasteiger charge is -2.31. The average molecular weight is 390 g/mol. The first-order valence-corrected chi connectivity index (χ1v) is 9.45. The van der Waals surface area contributed by atoms with Gasteiger partial charge < -0.3 is 5.11 Å². The predicted octanol–water partition coefficient (Wildman–Crippen LogP) is 3.97. The Hall–Kier alpha value is -1.70. The highest BCUT2D eigenvalue weighted by atomic mass is 35.5. The third-order valence-corrected chi connectivity index (χ3v) is 5.89. The summed E-state index contributed by atoms with van der Waals surface area (Å²) in [5.74, 6) is -1.60. The van der Waals surface area contributed by atoms with Crippen molar-refractivity contribution in [1.82, 2.24) is 0 Å². The summed E-state index contributed by atoms with van der Waals surface area (Å²) < 4.78 is 54.8. The fraction of sp³-hybridized carbons (Fsp3) is 0.294. The average Bonchev–Trinajstić information content (AvgIpc) is 2.56. The number of nitrogens with zero attached hydrogens (tertiary/aromatic N) is 1. The maximum atomic E-state index is 14.3. The Morgan fingerprint density at radius 3 is 2.40 bits per heavy atom. The van der Waals surface area contributed by atoms with Gasteiger partial charge >= 0.3 is 0 Å². The van der Waals surface area contributed by atoms with Crippen LogP contribution < -0.4 is 4.31 Å². The third kappa shape index (κ3) is 4.48. The smallest absolute Gasteiger partial charge is 0.264 e. The van der Waals surface area contributed by atoms with Crippen molar-refractivity contribution in [3.05, 3.63) is 59.1 Å². The van der Waals surface area contributed by atoms with Gasteiger partial charge in [-0.2, -0.15) is 0 Å². The van der Waals surface area contributed by atoms with Crippen molar-refractivity contribution in [3.8, 4) is 0 Å². The van der Waals surface area contributed by atoms with Crippen molar-refractivity contribution in [2.24, 2.45) is 0 Å². The molecule has 0 fully saturated rings. The summed E-state index contributed by atoms with van der Waals surface area (Å²) in [6.45, 7) is 1.44. The zero-order chi connectivity index (χ0) is 18.6. The number of hydrogen-bond acceptors (Lipinski definition) is 3. The SMILES string of the molecule is CC(CCCO)N(c1cc(F)ccc1F)S(=O)(=O)c1ccc(Cl)cc1. The Bertz CT molecular complexity index is 828. The summed E-state index contributed by atoms with van der Waals surface area (Å²) in [5, 5.41) is 9.36. The molecule has 25 heavy (non-hydrogen) atoms. The van der Waals surface area contributed by atoms with Gasteiger partial charge in [-0.15, -0.1) is 0 Å². The number of rotatable bonds is 7. The molecule has 2 aromatic carbocycles. The van der Waals surface area contributed by atoms with Crippen LogP contribution in [0.5, 0.6) is 0 Å². The van der Waals surface area contributed by atoms with Gasteiger partial charge in [-0.25, -0.2) is 17.2 Å². The van der Waals surface area contributed by atoms with E-state index in [9.17, 15) is 17.2 Å². The van der Waals surface area contributed by atoms with Gasteiger partial charge in [0, 0.05) is 23.7 Å². The number of aliphatic hydroxyl groups excluding tert-OH is 1. The fourth-order valence-corrected chi connectivity index (χ4v) is 4.29. The van der Waals surface area contributed by atoms with Crippen LogP contribution in [-0.4, -0.2) is 26.2 Å². The highest BCUT2D eigenvalue weighted by Gasteiger charge is 2.31. The second-order valence-corrected chi connectivity index (χ2v) is 7.82. The van der Waals surface area contributed by atoms with Gasteiger partial charge in [0.1, 0.15) is 11.6 Å². The highest BCUT2D eigenvalue weighted by Crippen LogP contribution is 2.31. The minimum Gasteiger partial charge on any atom is -0.396 e. The molecule has 1 N–H and O–H groups in total. The molecule has 1 unspecified atom stereocenters. The summed E-state index contributed by atoms with van der Waals surface area (Å²) in [7, 11) is -4.15. The topological polar surface area (TPSA) is 57.6 Å². The molecule has 0 heterocycles. The second-order valence-electron chi connectivity index (χ2n) is 5.57. The van der Waals surface area contributed by atoms with E-state index < -0.39 is 27.7 Å². The Balaban J connectivity index is 2.57. The second kappa shape index (κ2) is 8.12. The fourth-order valence-electron chi connectivity index (χ4n) is 2.48. The molecule has 1 atom stereocenters. The number of anilines is 1. The maximum Gasteiger partial charge on any atom is 0.264 e. The summed E-state index contributed by atoms with van der Waals surface area (Å²) in [6.07, 6.45) is 0.601. The molecule has 0 saturated heterocycles. The van der Waals surface area contributed by atoms with Crippen LogP contribution in [0.25, 0.3) is 0 Å². The molecule has 4 nitrogen and oxygen atoms in total. The monoisotopic (exact) mass is 389 g/mol. The van der Waals surface area contributed by atoms with E-state index in [4.69, 9.17) is 16.7 Å². The van der Waals surface area contributed by atoms with Gasteiger partial charge in [0.05, 0.1) is 10.6 Å². The first-order chi connectivity index (χ1) is 11.8. The van der Waals surface area contributed by atoms with E-state index in [0.717, 1.165) is 22.5 Å². The summed E-state index contributed by atoms with van der Waals surface area (Å²) in [5.41, 5.74) is -0.375. The zero-order valence-corrected chi connectivity index (χ0v) is 15.1. The highest BCUT2D eigenvalue weighted by molar-refractivity contribution is 7.92. The molecule has 0 aliphatic heterocycles. The van der Waals surface area contributed by atoms with Crippen LogP contribution in [0.1, 0.15) is 19.8 Å². The lowest BCUT2D eigenvalue weighted by atomic mass is 10.1. The molecular formula is C17H18ClF2NO3S. The number of hydrogen-bond donors (Lipinski definition) is 1. The molecule has 0 aromatic heterocycles. The van der Waals surface area contributed by atoms with E-state index in [1.807, 2.05) is 0 Å². The molecule has 0 bridgehead atoms. The summed E-state index contributed by atoms with van der Waals surface area (Å²) in [6, 6.07) is 7.39. The van der Waals surface area contributed by atoms with Gasteiger partial charge in [-0.3, -0.25) is 4.31 Å². The van der Waals surface area contributed by atoms with Crippen LogP contribution in [-0.2, 0) is 10.0 Å². The van der Waals surface area contributed by atoms with Crippen LogP contribution in [0.15, 0.2) is 47.4 Å². The van der Waals surface area contributed by atoms with Crippen molar-refractivity contribution in [1.29, 1.82) is 0 Å². The number of halogens is 3.